The van der Waals surface area contributed by atoms with Crippen molar-refractivity contribution in [2.24, 2.45) is 0 Å². The summed E-state index contributed by atoms with van der Waals surface area (Å²) in [5, 5.41) is 3.55. The zero-order valence-electron chi connectivity index (χ0n) is 9.44. The molecule has 0 aromatic carbocycles. The Balaban J connectivity index is 3.67. The number of hydrogen-bond donors (Lipinski definition) is 1. The molecule has 0 fully saturated rings. The second-order valence-electron chi connectivity index (χ2n) is 4.43. The minimum atomic E-state index is 0.282. The van der Waals surface area contributed by atoms with Gasteiger partial charge in [-0.2, -0.15) is 0 Å². The molecule has 0 bridgehead atoms. The smallest absolute Gasteiger partial charge is 0.0186 e. The molecule has 0 heterocycles. The molecule has 0 amide bonds. The van der Waals surface area contributed by atoms with Gasteiger partial charge >= 0.3 is 0 Å². The van der Waals surface area contributed by atoms with Gasteiger partial charge in [0.1, 0.15) is 0 Å². The van der Waals surface area contributed by atoms with Crippen molar-refractivity contribution in [3.63, 3.8) is 0 Å². The molecule has 2 heteroatoms. The molecule has 0 aliphatic rings. The zero-order chi connectivity index (χ0) is 9.78. The molecule has 0 aliphatic carbocycles. The van der Waals surface area contributed by atoms with Gasteiger partial charge in [-0.05, 0) is 41.3 Å². The van der Waals surface area contributed by atoms with E-state index in [1.54, 1.807) is 0 Å². The Hall–Kier alpha value is -0.0800. The summed E-state index contributed by atoms with van der Waals surface area (Å²) >= 11 is 0. The first-order valence-corrected chi connectivity index (χ1v) is 4.80. The largest absolute Gasteiger partial charge is 0.310 e. The molecule has 1 unspecified atom stereocenters. The predicted molar refractivity (Wildman–Crippen MR) is 55.5 cm³/mol. The topological polar surface area (TPSA) is 15.3 Å². The van der Waals surface area contributed by atoms with Crippen LogP contribution in [0, 0.1) is 0 Å². The monoisotopic (exact) mass is 172 g/mol. The Labute approximate surface area is 77.3 Å². The second-order valence-corrected chi connectivity index (χ2v) is 4.43. The van der Waals surface area contributed by atoms with Gasteiger partial charge in [0.05, 0.1) is 0 Å². The molecule has 1 N–H and O–H groups in total. The van der Waals surface area contributed by atoms with Gasteiger partial charge < -0.3 is 10.2 Å². The van der Waals surface area contributed by atoms with Crippen molar-refractivity contribution in [1.29, 1.82) is 0 Å². The number of nitrogens with zero attached hydrogens (tertiary/aromatic N) is 1. The van der Waals surface area contributed by atoms with Gasteiger partial charge in [-0.15, -0.1) is 0 Å². The average molecular weight is 172 g/mol. The van der Waals surface area contributed by atoms with Crippen molar-refractivity contribution in [3.05, 3.63) is 0 Å². The normalized spacial score (nSPS) is 15.2. The van der Waals surface area contributed by atoms with E-state index < -0.39 is 0 Å². The van der Waals surface area contributed by atoms with Crippen LogP contribution in [0.1, 0.15) is 34.1 Å². The second kappa shape index (κ2) is 4.83. The van der Waals surface area contributed by atoms with Crippen LogP contribution in [0.3, 0.4) is 0 Å². The molecule has 0 radical (unpaired) electrons. The fourth-order valence-electron chi connectivity index (χ4n) is 0.732. The summed E-state index contributed by atoms with van der Waals surface area (Å²) in [6.45, 7) is 10.0. The maximum absolute atomic E-state index is 3.55. The average Bonchev–Trinajstić information content (AvgIpc) is 2.00. The Morgan fingerprint density at radius 2 is 1.83 bits per heavy atom. The van der Waals surface area contributed by atoms with Crippen LogP contribution < -0.4 is 5.32 Å². The molecule has 74 valence electrons. The van der Waals surface area contributed by atoms with Crippen molar-refractivity contribution in [1.82, 2.24) is 10.2 Å². The lowest BCUT2D eigenvalue weighted by Gasteiger charge is -2.29. The first-order chi connectivity index (χ1) is 5.39. The van der Waals surface area contributed by atoms with Crippen molar-refractivity contribution >= 4 is 0 Å². The molecule has 0 rings (SSSR count). The van der Waals surface area contributed by atoms with E-state index in [9.17, 15) is 0 Å². The summed E-state index contributed by atoms with van der Waals surface area (Å²) in [5.41, 5.74) is 0.282. The highest BCUT2D eigenvalue weighted by molar-refractivity contribution is 4.77. The first kappa shape index (κ1) is 11.9. The van der Waals surface area contributed by atoms with Crippen LogP contribution in [0.4, 0.5) is 0 Å². The third kappa shape index (κ3) is 4.73. The van der Waals surface area contributed by atoms with E-state index in [-0.39, 0.29) is 5.54 Å². The lowest BCUT2D eigenvalue weighted by Crippen LogP contribution is -2.45. The summed E-state index contributed by atoms with van der Waals surface area (Å²) < 4.78 is 0. The van der Waals surface area contributed by atoms with Crippen LogP contribution in [0.25, 0.3) is 0 Å². The fraction of sp³-hybridized carbons (Fsp3) is 1.00. The van der Waals surface area contributed by atoms with Gasteiger partial charge in [-0.3, -0.25) is 0 Å². The summed E-state index contributed by atoms with van der Waals surface area (Å²) in [6, 6.07) is 0.607. The minimum Gasteiger partial charge on any atom is -0.310 e. The van der Waals surface area contributed by atoms with E-state index >= 15 is 0 Å². The van der Waals surface area contributed by atoms with E-state index in [0.717, 1.165) is 6.54 Å². The van der Waals surface area contributed by atoms with Gasteiger partial charge in [0.2, 0.25) is 0 Å². The summed E-state index contributed by atoms with van der Waals surface area (Å²) in [4.78, 5) is 2.23. The third-order valence-electron chi connectivity index (χ3n) is 2.64. The minimum absolute atomic E-state index is 0.282. The van der Waals surface area contributed by atoms with Gasteiger partial charge in [0.25, 0.3) is 0 Å². The SMILES string of the molecule is CCC(C)(C)NCC(C)N(C)C. The molecule has 0 spiro atoms. The van der Waals surface area contributed by atoms with E-state index in [1.165, 1.54) is 6.42 Å². The maximum Gasteiger partial charge on any atom is 0.0186 e. The van der Waals surface area contributed by atoms with Gasteiger partial charge in [0.15, 0.2) is 0 Å². The van der Waals surface area contributed by atoms with Crippen molar-refractivity contribution in [3.8, 4) is 0 Å². The van der Waals surface area contributed by atoms with E-state index in [4.69, 9.17) is 0 Å². The fourth-order valence-corrected chi connectivity index (χ4v) is 0.732. The molecular formula is C10H24N2. The van der Waals surface area contributed by atoms with Gasteiger partial charge in [-0.25, -0.2) is 0 Å². The van der Waals surface area contributed by atoms with E-state index in [1.807, 2.05) is 0 Å². The predicted octanol–water partition coefficient (Wildman–Crippen LogP) is 1.71. The molecule has 2 nitrogen and oxygen atoms in total. The number of hydrogen-bond acceptors (Lipinski definition) is 2. The van der Waals surface area contributed by atoms with Crippen LogP contribution in [-0.4, -0.2) is 37.1 Å². The highest BCUT2D eigenvalue weighted by Crippen LogP contribution is 2.06. The molecule has 0 saturated carbocycles. The lowest BCUT2D eigenvalue weighted by atomic mass is 10.0. The van der Waals surface area contributed by atoms with Gasteiger partial charge in [-0.1, -0.05) is 6.92 Å². The van der Waals surface area contributed by atoms with E-state index in [2.05, 4.69) is 52.0 Å². The van der Waals surface area contributed by atoms with Crippen molar-refractivity contribution in [2.45, 2.75) is 45.7 Å². The molecule has 0 aromatic rings. The van der Waals surface area contributed by atoms with Crippen LogP contribution in [-0.2, 0) is 0 Å². The first-order valence-electron chi connectivity index (χ1n) is 4.80. The van der Waals surface area contributed by atoms with Crippen molar-refractivity contribution < 1.29 is 0 Å². The Morgan fingerprint density at radius 3 is 2.17 bits per heavy atom. The third-order valence-corrected chi connectivity index (χ3v) is 2.64. The molecule has 12 heavy (non-hydrogen) atoms. The number of likely N-dealkylation sites (N-methyl/N-ethyl adjacent to an activating group) is 1. The van der Waals surface area contributed by atoms with E-state index in [0.29, 0.717) is 6.04 Å². The molecule has 1 atom stereocenters. The Kier molecular flexibility index (Phi) is 4.80. The molecule has 0 aliphatic heterocycles. The summed E-state index contributed by atoms with van der Waals surface area (Å²) in [6.07, 6.45) is 1.17. The summed E-state index contributed by atoms with van der Waals surface area (Å²) in [7, 11) is 4.23. The molecule has 0 aromatic heterocycles. The van der Waals surface area contributed by atoms with Crippen LogP contribution in [0.5, 0.6) is 0 Å². The van der Waals surface area contributed by atoms with Crippen LogP contribution in [0.2, 0.25) is 0 Å². The highest BCUT2D eigenvalue weighted by atomic mass is 15.1. The molecule has 0 saturated heterocycles. The van der Waals surface area contributed by atoms with Crippen molar-refractivity contribution in [2.75, 3.05) is 20.6 Å². The number of nitrogens with one attached hydrogen (secondary N) is 1. The zero-order valence-corrected chi connectivity index (χ0v) is 9.44. The number of rotatable bonds is 5. The summed E-state index contributed by atoms with van der Waals surface area (Å²) in [5.74, 6) is 0. The quantitative estimate of drug-likeness (QED) is 0.679. The van der Waals surface area contributed by atoms with Crippen LogP contribution >= 0.6 is 0 Å². The highest BCUT2D eigenvalue weighted by Gasteiger charge is 2.15. The van der Waals surface area contributed by atoms with Crippen LogP contribution in [0.15, 0.2) is 0 Å². The Morgan fingerprint density at radius 1 is 1.33 bits per heavy atom. The molecular weight excluding hydrogens is 148 g/mol. The standard InChI is InChI=1S/C10H24N2/c1-7-10(3,4)11-8-9(2)12(5)6/h9,11H,7-8H2,1-6H3. The lowest BCUT2D eigenvalue weighted by molar-refractivity contribution is 0.268. The maximum atomic E-state index is 3.55. The Bertz CT molecular complexity index is 119. The van der Waals surface area contributed by atoms with Gasteiger partial charge in [0, 0.05) is 18.1 Å².